The number of thioether (sulfide) groups is 1. The zero-order chi connectivity index (χ0) is 14.4. The molecule has 0 heterocycles. The molecule has 0 saturated heterocycles. The molecule has 0 fully saturated rings. The summed E-state index contributed by atoms with van der Waals surface area (Å²) in [4.78, 5) is 11.2. The van der Waals surface area contributed by atoms with Crippen LogP contribution in [0.25, 0.3) is 0 Å². The summed E-state index contributed by atoms with van der Waals surface area (Å²) in [5, 5.41) is 21.7. The second kappa shape index (κ2) is 7.97. The first-order chi connectivity index (χ1) is 8.99. The van der Waals surface area contributed by atoms with Crippen molar-refractivity contribution in [2.45, 2.75) is 21.9 Å². The smallest absolute Gasteiger partial charge is 0.253 e. The van der Waals surface area contributed by atoms with Gasteiger partial charge in [-0.3, -0.25) is 4.79 Å². The highest BCUT2D eigenvalue weighted by molar-refractivity contribution is 7.98. The number of amides is 1. The van der Waals surface area contributed by atoms with Crippen molar-refractivity contribution in [1.29, 1.82) is 0 Å². The fraction of sp³-hybridized carbons (Fsp3) is 0.417. The Balaban J connectivity index is 2.76. The number of hydrogen-bond donors (Lipinski definition) is 3. The highest BCUT2D eigenvalue weighted by Crippen LogP contribution is 2.21. The highest BCUT2D eigenvalue weighted by atomic mass is 35.5. The lowest BCUT2D eigenvalue weighted by Crippen LogP contribution is -2.44. The quantitative estimate of drug-likeness (QED) is 0.550. The zero-order valence-corrected chi connectivity index (χ0v) is 12.5. The Morgan fingerprint density at radius 3 is 2.37 bits per heavy atom. The third-order valence-corrected chi connectivity index (χ3v) is 3.70. The van der Waals surface area contributed by atoms with E-state index in [2.05, 4.69) is 5.32 Å². The van der Waals surface area contributed by atoms with Gasteiger partial charge in [0.15, 0.2) is 4.84 Å². The molecule has 0 aliphatic rings. The second-order valence-corrected chi connectivity index (χ2v) is 5.79. The van der Waals surface area contributed by atoms with Crippen LogP contribution in [0, 0.1) is 0 Å². The van der Waals surface area contributed by atoms with E-state index < -0.39 is 29.5 Å². The van der Waals surface area contributed by atoms with E-state index in [1.807, 2.05) is 18.4 Å². The number of carbonyl (C=O) groups excluding carboxylic acids is 1. The average Bonchev–Trinajstić information content (AvgIpc) is 2.43. The van der Waals surface area contributed by atoms with Gasteiger partial charge >= 0.3 is 0 Å². The summed E-state index contributed by atoms with van der Waals surface area (Å²) in [5.74, 6) is -0.651. The van der Waals surface area contributed by atoms with Crippen LogP contribution in [0.4, 0.5) is 0 Å². The topological polar surface area (TPSA) is 69.6 Å². The molecule has 106 valence electrons. The van der Waals surface area contributed by atoms with Crippen molar-refractivity contribution in [2.24, 2.45) is 0 Å². The molecule has 0 unspecified atom stereocenters. The number of benzene rings is 1. The number of halogens is 2. The van der Waals surface area contributed by atoms with Crippen molar-refractivity contribution < 1.29 is 15.0 Å². The van der Waals surface area contributed by atoms with Gasteiger partial charge in [0.2, 0.25) is 0 Å². The minimum Gasteiger partial charge on any atom is -0.394 e. The predicted molar refractivity (Wildman–Crippen MR) is 77.7 cm³/mol. The molecule has 3 N–H and O–H groups in total. The van der Waals surface area contributed by atoms with Crippen LogP contribution >= 0.6 is 35.0 Å². The van der Waals surface area contributed by atoms with Gasteiger partial charge in [-0.15, -0.1) is 11.8 Å². The van der Waals surface area contributed by atoms with Gasteiger partial charge in [-0.2, -0.15) is 0 Å². The van der Waals surface area contributed by atoms with Gasteiger partial charge < -0.3 is 15.5 Å². The fourth-order valence-corrected chi connectivity index (χ4v) is 2.04. The van der Waals surface area contributed by atoms with Gasteiger partial charge in [0.25, 0.3) is 5.91 Å². The first kappa shape index (κ1) is 16.6. The molecule has 7 heteroatoms. The largest absolute Gasteiger partial charge is 0.394 e. The molecule has 4 nitrogen and oxygen atoms in total. The Kier molecular flexibility index (Phi) is 6.96. The van der Waals surface area contributed by atoms with Crippen molar-refractivity contribution in [3.63, 3.8) is 0 Å². The number of carbonyl (C=O) groups is 1. The second-order valence-electron chi connectivity index (χ2n) is 3.82. The van der Waals surface area contributed by atoms with Crippen LogP contribution < -0.4 is 5.32 Å². The predicted octanol–water partition coefficient (Wildman–Crippen LogP) is 1.72. The summed E-state index contributed by atoms with van der Waals surface area (Å²) < 4.78 is 0. The number of rotatable bonds is 6. The Hall–Kier alpha value is -0.460. The Bertz CT molecular complexity index is 414. The number of nitrogens with one attached hydrogen (secondary N) is 1. The number of hydrogen-bond acceptors (Lipinski definition) is 4. The minimum atomic E-state index is -1.24. The molecule has 1 amide bonds. The van der Waals surface area contributed by atoms with Crippen LogP contribution in [0.5, 0.6) is 0 Å². The number of aliphatic hydroxyl groups is 2. The minimum absolute atomic E-state index is 0.419. The molecule has 19 heavy (non-hydrogen) atoms. The van der Waals surface area contributed by atoms with Gasteiger partial charge in [0.1, 0.15) is 6.10 Å². The molecular weight excluding hydrogens is 309 g/mol. The van der Waals surface area contributed by atoms with E-state index in [9.17, 15) is 15.0 Å². The van der Waals surface area contributed by atoms with Gasteiger partial charge in [0, 0.05) is 4.90 Å². The molecule has 0 aliphatic heterocycles. The van der Waals surface area contributed by atoms with E-state index in [0.29, 0.717) is 5.56 Å². The molecule has 0 saturated carbocycles. The van der Waals surface area contributed by atoms with Crippen molar-refractivity contribution in [3.8, 4) is 0 Å². The van der Waals surface area contributed by atoms with Crippen LogP contribution in [0.1, 0.15) is 11.7 Å². The summed E-state index contributed by atoms with van der Waals surface area (Å²) in [5.41, 5.74) is 0.595. The molecule has 1 rings (SSSR count). The SMILES string of the molecule is CSc1ccc([C@@H](O)[C@@H](CO)NC(=O)C(Cl)Cl)cc1. The van der Waals surface area contributed by atoms with Crippen molar-refractivity contribution in [3.05, 3.63) is 29.8 Å². The lowest BCUT2D eigenvalue weighted by Gasteiger charge is -2.23. The Morgan fingerprint density at radius 2 is 1.95 bits per heavy atom. The van der Waals surface area contributed by atoms with Crippen molar-refractivity contribution in [2.75, 3.05) is 12.9 Å². The lowest BCUT2D eigenvalue weighted by atomic mass is 10.0. The maximum Gasteiger partial charge on any atom is 0.253 e. The van der Waals surface area contributed by atoms with Gasteiger partial charge in [-0.05, 0) is 24.0 Å². The maximum absolute atomic E-state index is 11.3. The van der Waals surface area contributed by atoms with E-state index in [1.165, 1.54) is 0 Å². The Labute approximate surface area is 126 Å². The summed E-state index contributed by atoms with van der Waals surface area (Å²) in [6, 6.07) is 6.33. The monoisotopic (exact) mass is 323 g/mol. The molecule has 0 radical (unpaired) electrons. The van der Waals surface area contributed by atoms with E-state index in [0.717, 1.165) is 4.90 Å². The van der Waals surface area contributed by atoms with E-state index >= 15 is 0 Å². The van der Waals surface area contributed by atoms with Crippen LogP contribution in [0.15, 0.2) is 29.2 Å². The maximum atomic E-state index is 11.3. The third-order valence-electron chi connectivity index (χ3n) is 2.56. The molecule has 2 atom stereocenters. The lowest BCUT2D eigenvalue weighted by molar-refractivity contribution is -0.121. The van der Waals surface area contributed by atoms with E-state index in [4.69, 9.17) is 23.2 Å². The first-order valence-electron chi connectivity index (χ1n) is 5.51. The molecule has 1 aromatic rings. The van der Waals surface area contributed by atoms with Crippen LogP contribution in [-0.2, 0) is 4.79 Å². The molecule has 0 aromatic heterocycles. The molecule has 1 aromatic carbocycles. The van der Waals surface area contributed by atoms with Crippen molar-refractivity contribution >= 4 is 40.9 Å². The Morgan fingerprint density at radius 1 is 1.37 bits per heavy atom. The summed E-state index contributed by atoms with van der Waals surface area (Å²) in [6.45, 7) is -0.419. The van der Waals surface area contributed by atoms with Crippen molar-refractivity contribution in [1.82, 2.24) is 5.32 Å². The van der Waals surface area contributed by atoms with Gasteiger partial charge in [-0.1, -0.05) is 35.3 Å². The molecular formula is C12H15Cl2NO3S. The van der Waals surface area contributed by atoms with E-state index in [-0.39, 0.29) is 0 Å². The van der Waals surface area contributed by atoms with Crippen LogP contribution in [0.2, 0.25) is 0 Å². The summed E-state index contributed by atoms with van der Waals surface area (Å²) in [6.07, 6.45) is 0.917. The molecule has 0 aliphatic carbocycles. The number of aliphatic hydroxyl groups excluding tert-OH is 2. The van der Waals surface area contributed by atoms with Gasteiger partial charge in [-0.25, -0.2) is 0 Å². The first-order valence-corrected chi connectivity index (χ1v) is 7.60. The fourth-order valence-electron chi connectivity index (χ4n) is 1.50. The number of alkyl halides is 2. The summed E-state index contributed by atoms with van der Waals surface area (Å²) >= 11 is 12.4. The van der Waals surface area contributed by atoms with Crippen LogP contribution in [-0.4, -0.2) is 39.9 Å². The van der Waals surface area contributed by atoms with E-state index in [1.54, 1.807) is 23.9 Å². The van der Waals surface area contributed by atoms with Crippen LogP contribution in [0.3, 0.4) is 0 Å². The average molecular weight is 324 g/mol. The standard InChI is InChI=1S/C12H15Cl2NO3S/c1-19-8-4-2-7(3-5-8)10(17)9(6-16)15-12(18)11(13)14/h2-5,9-11,16-17H,6H2,1H3,(H,15,18)/t9-,10-/m1/s1. The molecule has 0 spiro atoms. The van der Waals surface area contributed by atoms with Gasteiger partial charge in [0.05, 0.1) is 12.6 Å². The normalized spacial score (nSPS) is 14.2. The molecule has 0 bridgehead atoms. The highest BCUT2D eigenvalue weighted by Gasteiger charge is 2.24. The zero-order valence-electron chi connectivity index (χ0n) is 10.2. The third kappa shape index (κ3) is 4.85. The summed E-state index contributed by atoms with van der Waals surface area (Å²) in [7, 11) is 0.